The lowest BCUT2D eigenvalue weighted by atomic mass is 9.92. The van der Waals surface area contributed by atoms with Crippen LogP contribution in [-0.4, -0.2) is 12.7 Å². The average Bonchev–Trinajstić information content (AvgIpc) is 2.35. The molecule has 0 spiro atoms. The molecular formula is C15H17BO2. The summed E-state index contributed by atoms with van der Waals surface area (Å²) in [4.78, 5) is 0. The van der Waals surface area contributed by atoms with Gasteiger partial charge in [-0.15, -0.1) is 0 Å². The topological polar surface area (TPSA) is 29.5 Å². The van der Waals surface area contributed by atoms with Gasteiger partial charge in [-0.2, -0.15) is 0 Å². The zero-order valence-corrected chi connectivity index (χ0v) is 11.0. The van der Waals surface area contributed by atoms with Crippen molar-refractivity contribution in [1.29, 1.82) is 0 Å². The van der Waals surface area contributed by atoms with Crippen molar-refractivity contribution in [3.8, 4) is 16.9 Å². The molecule has 2 aromatic carbocycles. The van der Waals surface area contributed by atoms with Gasteiger partial charge in [0.25, 0.3) is 0 Å². The van der Waals surface area contributed by atoms with Crippen LogP contribution in [0.15, 0.2) is 36.4 Å². The Bertz CT molecular complexity index is 550. The molecule has 2 nitrogen and oxygen atoms in total. The van der Waals surface area contributed by atoms with E-state index in [1.54, 1.807) is 0 Å². The van der Waals surface area contributed by atoms with E-state index in [1.807, 2.05) is 32.0 Å². The Hall–Kier alpha value is -1.74. The maximum atomic E-state index is 8.98. The third-order valence-electron chi connectivity index (χ3n) is 3.17. The molecule has 2 aromatic rings. The van der Waals surface area contributed by atoms with E-state index in [4.69, 9.17) is 9.68 Å². The minimum absolute atomic E-state index is 0.293. The number of rotatable bonds is 3. The van der Waals surface area contributed by atoms with Crippen LogP contribution in [0.3, 0.4) is 0 Å². The van der Waals surface area contributed by atoms with Crippen molar-refractivity contribution in [2.75, 3.05) is 0 Å². The summed E-state index contributed by atoms with van der Waals surface area (Å²) >= 11 is 0. The first-order valence-corrected chi connectivity index (χ1v) is 6.05. The van der Waals surface area contributed by atoms with E-state index in [0.717, 1.165) is 16.9 Å². The molecule has 0 aliphatic rings. The molecule has 2 rings (SSSR count). The van der Waals surface area contributed by atoms with Gasteiger partial charge in [0.05, 0.1) is 0 Å². The third-order valence-corrected chi connectivity index (χ3v) is 3.17. The van der Waals surface area contributed by atoms with Crippen molar-refractivity contribution in [3.63, 3.8) is 0 Å². The molecule has 92 valence electrons. The van der Waals surface area contributed by atoms with Crippen LogP contribution in [0, 0.1) is 20.8 Å². The second-order valence-corrected chi connectivity index (χ2v) is 4.48. The van der Waals surface area contributed by atoms with Gasteiger partial charge in [-0.3, -0.25) is 0 Å². The zero-order valence-electron chi connectivity index (χ0n) is 11.0. The number of hydrogen-bond acceptors (Lipinski definition) is 2. The van der Waals surface area contributed by atoms with Crippen LogP contribution < -0.4 is 4.65 Å². The van der Waals surface area contributed by atoms with E-state index in [9.17, 15) is 0 Å². The summed E-state index contributed by atoms with van der Waals surface area (Å²) in [6, 6.07) is 12.3. The molecule has 1 N–H and O–H groups in total. The summed E-state index contributed by atoms with van der Waals surface area (Å²) < 4.78 is 5.34. The molecule has 0 heterocycles. The minimum Gasteiger partial charge on any atom is -0.538 e. The highest BCUT2D eigenvalue weighted by molar-refractivity contribution is 6.17. The molecule has 0 saturated heterocycles. The van der Waals surface area contributed by atoms with Crippen LogP contribution in [0.2, 0.25) is 0 Å². The molecule has 0 saturated carbocycles. The Kier molecular flexibility index (Phi) is 3.73. The molecular weight excluding hydrogens is 223 g/mol. The van der Waals surface area contributed by atoms with E-state index in [-0.39, 0.29) is 7.69 Å². The number of hydrogen-bond donors (Lipinski definition) is 1. The van der Waals surface area contributed by atoms with Crippen LogP contribution in [0.25, 0.3) is 11.1 Å². The molecule has 0 fully saturated rings. The van der Waals surface area contributed by atoms with Gasteiger partial charge in [-0.05, 0) is 48.6 Å². The van der Waals surface area contributed by atoms with Gasteiger partial charge in [0, 0.05) is 0 Å². The smallest absolute Gasteiger partial charge is 0.504 e. The summed E-state index contributed by atoms with van der Waals surface area (Å²) in [6.45, 7) is 6.14. The van der Waals surface area contributed by atoms with E-state index in [2.05, 4.69) is 25.1 Å². The predicted molar refractivity (Wildman–Crippen MR) is 76.1 cm³/mol. The van der Waals surface area contributed by atoms with Crippen LogP contribution in [0.1, 0.15) is 16.7 Å². The highest BCUT2D eigenvalue weighted by Crippen LogP contribution is 2.35. The van der Waals surface area contributed by atoms with Crippen molar-refractivity contribution in [2.45, 2.75) is 20.8 Å². The Labute approximate surface area is 109 Å². The fraction of sp³-hybridized carbons (Fsp3) is 0.200. The minimum atomic E-state index is -0.293. The maximum Gasteiger partial charge on any atom is 0.504 e. The molecule has 0 aliphatic carbocycles. The molecule has 0 atom stereocenters. The lowest BCUT2D eigenvalue weighted by Crippen LogP contribution is -2.05. The van der Waals surface area contributed by atoms with Crippen molar-refractivity contribution in [3.05, 3.63) is 53.1 Å². The lowest BCUT2D eigenvalue weighted by molar-refractivity contribution is 0.450. The SMILES string of the molecule is Cc1cc(C)c(-c2ccccc2)c(C)c1OBO. The highest BCUT2D eigenvalue weighted by Gasteiger charge is 2.13. The Morgan fingerprint density at radius 1 is 1.00 bits per heavy atom. The van der Waals surface area contributed by atoms with Crippen molar-refractivity contribution in [2.24, 2.45) is 0 Å². The third kappa shape index (κ3) is 2.27. The maximum absolute atomic E-state index is 8.98. The van der Waals surface area contributed by atoms with Crippen molar-refractivity contribution in [1.82, 2.24) is 0 Å². The van der Waals surface area contributed by atoms with Gasteiger partial charge in [0.1, 0.15) is 5.75 Å². The summed E-state index contributed by atoms with van der Waals surface area (Å²) in [7, 11) is -0.293. The lowest BCUT2D eigenvalue weighted by Gasteiger charge is -2.17. The van der Waals surface area contributed by atoms with Crippen LogP contribution in [-0.2, 0) is 0 Å². The zero-order chi connectivity index (χ0) is 13.1. The quantitative estimate of drug-likeness (QED) is 0.836. The molecule has 0 unspecified atom stereocenters. The van der Waals surface area contributed by atoms with E-state index in [0.29, 0.717) is 0 Å². The number of aryl methyl sites for hydroxylation is 2. The molecule has 3 heteroatoms. The molecule has 0 radical (unpaired) electrons. The van der Waals surface area contributed by atoms with Crippen LogP contribution >= 0.6 is 0 Å². The van der Waals surface area contributed by atoms with Gasteiger partial charge in [0.15, 0.2) is 0 Å². The second-order valence-electron chi connectivity index (χ2n) is 4.48. The average molecular weight is 240 g/mol. The van der Waals surface area contributed by atoms with Gasteiger partial charge in [-0.1, -0.05) is 36.4 Å². The molecule has 0 bridgehead atoms. The largest absolute Gasteiger partial charge is 0.538 e. The summed E-state index contributed by atoms with van der Waals surface area (Å²) in [5.41, 5.74) is 5.72. The van der Waals surface area contributed by atoms with Gasteiger partial charge in [0.2, 0.25) is 0 Å². The van der Waals surface area contributed by atoms with Gasteiger partial charge in [-0.25, -0.2) is 0 Å². The van der Waals surface area contributed by atoms with Gasteiger partial charge >= 0.3 is 7.69 Å². The summed E-state index contributed by atoms with van der Waals surface area (Å²) in [5, 5.41) is 8.98. The standard InChI is InChI=1S/C15H17BO2/c1-10-9-11(2)15(18-16-17)12(3)14(10)13-7-5-4-6-8-13/h4-9,16-17H,1-3H3. The Morgan fingerprint density at radius 2 is 1.67 bits per heavy atom. The molecule has 0 aromatic heterocycles. The first-order valence-electron chi connectivity index (χ1n) is 6.05. The van der Waals surface area contributed by atoms with Crippen molar-refractivity contribution >= 4 is 7.69 Å². The van der Waals surface area contributed by atoms with E-state index in [1.165, 1.54) is 16.7 Å². The Balaban J connectivity index is 2.64. The second kappa shape index (κ2) is 5.28. The monoisotopic (exact) mass is 240 g/mol. The van der Waals surface area contributed by atoms with Crippen LogP contribution in [0.5, 0.6) is 5.75 Å². The van der Waals surface area contributed by atoms with Gasteiger partial charge < -0.3 is 9.68 Å². The number of benzene rings is 2. The fourth-order valence-electron chi connectivity index (χ4n) is 2.50. The predicted octanol–water partition coefficient (Wildman–Crippen LogP) is 2.92. The summed E-state index contributed by atoms with van der Waals surface area (Å²) in [6.07, 6.45) is 0. The van der Waals surface area contributed by atoms with E-state index >= 15 is 0 Å². The first-order chi connectivity index (χ1) is 8.65. The first kappa shape index (κ1) is 12.7. The Morgan fingerprint density at radius 3 is 2.28 bits per heavy atom. The summed E-state index contributed by atoms with van der Waals surface area (Å²) in [5.74, 6) is 0.780. The highest BCUT2D eigenvalue weighted by atomic mass is 16.5. The molecule has 0 amide bonds. The normalized spacial score (nSPS) is 10.2. The fourth-order valence-corrected chi connectivity index (χ4v) is 2.50. The molecule has 18 heavy (non-hydrogen) atoms. The molecule has 0 aliphatic heterocycles. The van der Waals surface area contributed by atoms with Crippen molar-refractivity contribution < 1.29 is 9.68 Å². The van der Waals surface area contributed by atoms with E-state index < -0.39 is 0 Å². The van der Waals surface area contributed by atoms with Crippen LogP contribution in [0.4, 0.5) is 0 Å².